The number of benzene rings is 2. The van der Waals surface area contributed by atoms with Crippen LogP contribution in [0.1, 0.15) is 21.9 Å². The number of H-pyrrole nitrogens is 1. The molecule has 3 aromatic rings. The van der Waals surface area contributed by atoms with Crippen LogP contribution in [0.25, 0.3) is 0 Å². The number of amides is 1. The summed E-state index contributed by atoms with van der Waals surface area (Å²) in [7, 11) is 1.58. The van der Waals surface area contributed by atoms with Gasteiger partial charge in [0.05, 0.1) is 12.8 Å². The van der Waals surface area contributed by atoms with Crippen molar-refractivity contribution in [3.05, 3.63) is 87.9 Å². The van der Waals surface area contributed by atoms with E-state index in [0.717, 1.165) is 11.6 Å². The number of aromatic amines is 1. The molecule has 0 bridgehead atoms. The summed E-state index contributed by atoms with van der Waals surface area (Å²) in [6, 6.07) is 14.1. The molecule has 0 aliphatic heterocycles. The number of carbonyl (C=O) groups excluding carboxylic acids is 1. The fraction of sp³-hybridized carbons (Fsp3) is 0.105. The standard InChI is InChI=1S/C19H16FN3O3/c1-26-13-8-6-12(7-9-13)10-17-21-16(11-18(24)23-17)19(25)22-15-5-3-2-4-14(15)20/h2-9,11H,10H2,1H3,(H,22,25)(H,21,23,24). The maximum atomic E-state index is 13.7. The van der Waals surface area contributed by atoms with Gasteiger partial charge in [0.1, 0.15) is 23.1 Å². The molecule has 26 heavy (non-hydrogen) atoms. The predicted octanol–water partition coefficient (Wildman–Crippen LogP) is 2.76. The van der Waals surface area contributed by atoms with Gasteiger partial charge in [-0.2, -0.15) is 0 Å². The fourth-order valence-corrected chi connectivity index (χ4v) is 2.39. The van der Waals surface area contributed by atoms with Crippen LogP contribution in [0.15, 0.2) is 59.4 Å². The molecule has 0 unspecified atom stereocenters. The van der Waals surface area contributed by atoms with E-state index in [1.807, 2.05) is 12.1 Å². The van der Waals surface area contributed by atoms with Crippen molar-refractivity contribution in [2.75, 3.05) is 12.4 Å². The molecule has 3 rings (SSSR count). The maximum absolute atomic E-state index is 13.7. The molecule has 0 saturated carbocycles. The number of aromatic nitrogens is 2. The Hall–Kier alpha value is -3.48. The summed E-state index contributed by atoms with van der Waals surface area (Å²) in [5.41, 5.74) is 0.375. The number of methoxy groups -OCH3 is 1. The molecule has 1 amide bonds. The first-order valence-corrected chi connectivity index (χ1v) is 7.84. The lowest BCUT2D eigenvalue weighted by molar-refractivity contribution is 0.102. The van der Waals surface area contributed by atoms with Gasteiger partial charge in [-0.15, -0.1) is 0 Å². The van der Waals surface area contributed by atoms with Crippen LogP contribution in [-0.2, 0) is 6.42 Å². The minimum absolute atomic E-state index is 0.0243. The Balaban J connectivity index is 1.81. The molecule has 0 atom stereocenters. The van der Waals surface area contributed by atoms with Crippen molar-refractivity contribution in [2.45, 2.75) is 6.42 Å². The van der Waals surface area contributed by atoms with Gasteiger partial charge in [0.2, 0.25) is 0 Å². The highest BCUT2D eigenvalue weighted by Gasteiger charge is 2.13. The lowest BCUT2D eigenvalue weighted by Gasteiger charge is -2.07. The second kappa shape index (κ2) is 7.60. The Morgan fingerprint density at radius 3 is 2.62 bits per heavy atom. The molecule has 0 aliphatic rings. The molecular weight excluding hydrogens is 337 g/mol. The van der Waals surface area contributed by atoms with E-state index in [-0.39, 0.29) is 11.4 Å². The highest BCUT2D eigenvalue weighted by Crippen LogP contribution is 2.15. The van der Waals surface area contributed by atoms with Crippen molar-refractivity contribution >= 4 is 11.6 Å². The Kier molecular flexibility index (Phi) is 5.07. The molecule has 7 heteroatoms. The van der Waals surface area contributed by atoms with Gasteiger partial charge in [-0.3, -0.25) is 9.59 Å². The molecule has 6 nitrogen and oxygen atoms in total. The molecule has 1 aromatic heterocycles. The van der Waals surface area contributed by atoms with E-state index >= 15 is 0 Å². The summed E-state index contributed by atoms with van der Waals surface area (Å²) < 4.78 is 18.8. The molecule has 0 aliphatic carbocycles. The summed E-state index contributed by atoms with van der Waals surface area (Å²) in [4.78, 5) is 30.9. The normalized spacial score (nSPS) is 10.4. The molecule has 0 saturated heterocycles. The molecule has 132 valence electrons. The van der Waals surface area contributed by atoms with Gasteiger partial charge >= 0.3 is 0 Å². The van der Waals surface area contributed by atoms with Crippen molar-refractivity contribution < 1.29 is 13.9 Å². The number of rotatable bonds is 5. The Bertz CT molecular complexity index is 984. The first-order valence-electron chi connectivity index (χ1n) is 7.84. The van der Waals surface area contributed by atoms with Gasteiger partial charge in [-0.1, -0.05) is 24.3 Å². The third-order valence-corrected chi connectivity index (χ3v) is 3.68. The Labute approximate surface area is 148 Å². The summed E-state index contributed by atoms with van der Waals surface area (Å²) in [6.45, 7) is 0. The van der Waals surface area contributed by atoms with Crippen LogP contribution in [0.2, 0.25) is 0 Å². The summed E-state index contributed by atoms with van der Waals surface area (Å²) >= 11 is 0. The molecule has 2 N–H and O–H groups in total. The predicted molar refractivity (Wildman–Crippen MR) is 95.0 cm³/mol. The van der Waals surface area contributed by atoms with Gasteiger partial charge in [0, 0.05) is 12.5 Å². The van der Waals surface area contributed by atoms with Crippen molar-refractivity contribution in [1.82, 2.24) is 9.97 Å². The smallest absolute Gasteiger partial charge is 0.274 e. The number of anilines is 1. The number of hydrogen-bond acceptors (Lipinski definition) is 4. The number of nitrogens with zero attached hydrogens (tertiary/aromatic N) is 1. The van der Waals surface area contributed by atoms with Gasteiger partial charge < -0.3 is 15.0 Å². The van der Waals surface area contributed by atoms with E-state index in [0.29, 0.717) is 18.0 Å². The van der Waals surface area contributed by atoms with Crippen LogP contribution in [0.4, 0.5) is 10.1 Å². The zero-order chi connectivity index (χ0) is 18.5. The van der Waals surface area contributed by atoms with E-state index in [1.54, 1.807) is 25.3 Å². The average molecular weight is 353 g/mol. The van der Waals surface area contributed by atoms with E-state index in [9.17, 15) is 14.0 Å². The zero-order valence-electron chi connectivity index (χ0n) is 14.0. The monoisotopic (exact) mass is 353 g/mol. The third-order valence-electron chi connectivity index (χ3n) is 3.68. The first-order chi connectivity index (χ1) is 12.5. The largest absolute Gasteiger partial charge is 0.497 e. The lowest BCUT2D eigenvalue weighted by Crippen LogP contribution is -2.21. The summed E-state index contributed by atoms with van der Waals surface area (Å²) in [6.07, 6.45) is 0.333. The molecule has 0 spiro atoms. The number of halogens is 1. The van der Waals surface area contributed by atoms with Crippen LogP contribution in [0.5, 0.6) is 5.75 Å². The molecule has 0 radical (unpaired) electrons. The minimum atomic E-state index is -0.655. The van der Waals surface area contributed by atoms with Crippen molar-refractivity contribution in [1.29, 1.82) is 0 Å². The highest BCUT2D eigenvalue weighted by molar-refractivity contribution is 6.02. The lowest BCUT2D eigenvalue weighted by atomic mass is 10.1. The van der Waals surface area contributed by atoms with Crippen molar-refractivity contribution in [2.24, 2.45) is 0 Å². The first kappa shape index (κ1) is 17.3. The second-order valence-electron chi connectivity index (χ2n) is 5.54. The van der Waals surface area contributed by atoms with Gasteiger partial charge in [-0.05, 0) is 29.8 Å². The van der Waals surface area contributed by atoms with Gasteiger partial charge in [-0.25, -0.2) is 9.37 Å². The number of nitrogens with one attached hydrogen (secondary N) is 2. The summed E-state index contributed by atoms with van der Waals surface area (Å²) in [5.74, 6) is -0.170. The minimum Gasteiger partial charge on any atom is -0.497 e. The SMILES string of the molecule is COc1ccc(Cc2nc(C(=O)Nc3ccccc3F)cc(=O)[nH]2)cc1. The third kappa shape index (κ3) is 4.13. The van der Waals surface area contributed by atoms with Crippen LogP contribution in [-0.4, -0.2) is 23.0 Å². The highest BCUT2D eigenvalue weighted by atomic mass is 19.1. The second-order valence-corrected chi connectivity index (χ2v) is 5.54. The summed E-state index contributed by atoms with van der Waals surface area (Å²) in [5, 5.41) is 2.41. The fourth-order valence-electron chi connectivity index (χ4n) is 2.39. The number of ether oxygens (including phenoxy) is 1. The van der Waals surface area contributed by atoms with Crippen LogP contribution < -0.4 is 15.6 Å². The van der Waals surface area contributed by atoms with Gasteiger partial charge in [0.15, 0.2) is 0 Å². The average Bonchev–Trinajstić information content (AvgIpc) is 2.64. The van der Waals surface area contributed by atoms with Crippen molar-refractivity contribution in [3.8, 4) is 5.75 Å². The number of hydrogen-bond donors (Lipinski definition) is 2. The molecule has 2 aromatic carbocycles. The van der Waals surface area contributed by atoms with E-state index in [4.69, 9.17) is 4.74 Å². The zero-order valence-corrected chi connectivity index (χ0v) is 14.0. The van der Waals surface area contributed by atoms with E-state index < -0.39 is 17.3 Å². The van der Waals surface area contributed by atoms with Crippen LogP contribution in [0.3, 0.4) is 0 Å². The Morgan fingerprint density at radius 1 is 1.19 bits per heavy atom. The van der Waals surface area contributed by atoms with E-state index in [1.165, 1.54) is 18.2 Å². The van der Waals surface area contributed by atoms with Gasteiger partial charge in [0.25, 0.3) is 11.5 Å². The van der Waals surface area contributed by atoms with Crippen molar-refractivity contribution in [3.63, 3.8) is 0 Å². The molecule has 1 heterocycles. The molecule has 0 fully saturated rings. The number of carbonyl (C=O) groups is 1. The number of para-hydroxylation sites is 1. The Morgan fingerprint density at radius 2 is 1.92 bits per heavy atom. The van der Waals surface area contributed by atoms with Crippen LogP contribution >= 0.6 is 0 Å². The van der Waals surface area contributed by atoms with Crippen LogP contribution in [0, 0.1) is 5.82 Å². The quantitative estimate of drug-likeness (QED) is 0.739. The maximum Gasteiger partial charge on any atom is 0.274 e. The topological polar surface area (TPSA) is 84.1 Å². The molecular formula is C19H16FN3O3. The van der Waals surface area contributed by atoms with E-state index in [2.05, 4.69) is 15.3 Å².